The highest BCUT2D eigenvalue weighted by Crippen LogP contribution is 2.24. The highest BCUT2D eigenvalue weighted by atomic mass is 19.4. The van der Waals surface area contributed by atoms with Gasteiger partial charge in [-0.05, 0) is 25.7 Å². The molecule has 1 rings (SSSR count). The summed E-state index contributed by atoms with van der Waals surface area (Å²) in [5.74, 6) is -0.514. The van der Waals surface area contributed by atoms with Crippen LogP contribution in [0.2, 0.25) is 0 Å². The molecule has 1 aliphatic carbocycles. The van der Waals surface area contributed by atoms with Crippen LogP contribution in [0.4, 0.5) is 13.2 Å². The third-order valence-electron chi connectivity index (χ3n) is 3.11. The predicted molar refractivity (Wildman–Crippen MR) is 55.0 cm³/mol. The van der Waals surface area contributed by atoms with E-state index in [1.54, 1.807) is 0 Å². The zero-order valence-corrected chi connectivity index (χ0v) is 9.33. The summed E-state index contributed by atoms with van der Waals surface area (Å²) in [4.78, 5) is 10.9. The Kier molecular flexibility index (Phi) is 4.76. The number of halogens is 3. The highest BCUT2D eigenvalue weighted by Gasteiger charge is 2.38. The fraction of sp³-hybridized carbons (Fsp3) is 0.900. The first-order valence-corrected chi connectivity index (χ1v) is 5.58. The summed E-state index contributed by atoms with van der Waals surface area (Å²) in [6.07, 6.45) is -4.52. The first-order valence-electron chi connectivity index (χ1n) is 5.58. The van der Waals surface area contributed by atoms with E-state index < -0.39 is 18.8 Å². The van der Waals surface area contributed by atoms with E-state index in [0.29, 0.717) is 25.7 Å². The van der Waals surface area contributed by atoms with Gasteiger partial charge >= 0.3 is 6.18 Å². The second kappa shape index (κ2) is 5.68. The Morgan fingerprint density at radius 1 is 1.35 bits per heavy atom. The number of hydrogen-bond acceptors (Lipinski definition) is 3. The van der Waals surface area contributed by atoms with Crippen molar-refractivity contribution in [3.05, 3.63) is 0 Å². The summed E-state index contributed by atoms with van der Waals surface area (Å²) in [5.41, 5.74) is 5.14. The normalized spacial score (nSPS) is 27.8. The standard InChI is InChI=1S/C10H17F3N2O2/c11-10(12,13)8(16)5-15-7-3-1-6(2-4-7)9(14)17/h6-8,15-16H,1-5H2,(H2,14,17). The van der Waals surface area contributed by atoms with Gasteiger partial charge in [-0.15, -0.1) is 0 Å². The van der Waals surface area contributed by atoms with Gasteiger partial charge in [-0.2, -0.15) is 13.2 Å². The highest BCUT2D eigenvalue weighted by molar-refractivity contribution is 5.76. The molecule has 17 heavy (non-hydrogen) atoms. The van der Waals surface area contributed by atoms with Gasteiger partial charge in [0, 0.05) is 18.5 Å². The molecule has 1 aliphatic rings. The molecule has 1 amide bonds. The number of carbonyl (C=O) groups excluding carboxylic acids is 1. The van der Waals surface area contributed by atoms with Crippen LogP contribution in [0, 0.1) is 5.92 Å². The van der Waals surface area contributed by atoms with Crippen LogP contribution in [-0.2, 0) is 4.79 Å². The largest absolute Gasteiger partial charge is 0.415 e. The first kappa shape index (κ1) is 14.2. The van der Waals surface area contributed by atoms with Gasteiger partial charge in [-0.25, -0.2) is 0 Å². The number of aliphatic hydroxyl groups is 1. The van der Waals surface area contributed by atoms with E-state index in [1.165, 1.54) is 0 Å². The molecule has 1 fully saturated rings. The molecule has 4 nitrogen and oxygen atoms in total. The van der Waals surface area contributed by atoms with Crippen molar-refractivity contribution in [1.82, 2.24) is 5.32 Å². The Morgan fingerprint density at radius 3 is 2.29 bits per heavy atom. The zero-order valence-electron chi connectivity index (χ0n) is 9.33. The Bertz CT molecular complexity index is 263. The van der Waals surface area contributed by atoms with Crippen LogP contribution in [0.25, 0.3) is 0 Å². The van der Waals surface area contributed by atoms with Crippen LogP contribution >= 0.6 is 0 Å². The van der Waals surface area contributed by atoms with Crippen LogP contribution in [-0.4, -0.2) is 35.9 Å². The van der Waals surface area contributed by atoms with Crippen molar-refractivity contribution >= 4 is 5.91 Å². The summed E-state index contributed by atoms with van der Waals surface area (Å²) in [6.45, 7) is -0.505. The quantitative estimate of drug-likeness (QED) is 0.685. The fourth-order valence-electron chi connectivity index (χ4n) is 1.98. The molecular weight excluding hydrogens is 237 g/mol. The lowest BCUT2D eigenvalue weighted by Crippen LogP contribution is -2.44. The van der Waals surface area contributed by atoms with E-state index in [0.717, 1.165) is 0 Å². The van der Waals surface area contributed by atoms with Gasteiger partial charge in [0.15, 0.2) is 6.10 Å². The second-order valence-corrected chi connectivity index (χ2v) is 4.42. The summed E-state index contributed by atoms with van der Waals surface area (Å²) >= 11 is 0. The van der Waals surface area contributed by atoms with Crippen molar-refractivity contribution in [2.45, 2.75) is 44.0 Å². The molecule has 0 aromatic rings. The van der Waals surface area contributed by atoms with Gasteiger partial charge in [0.1, 0.15) is 0 Å². The van der Waals surface area contributed by atoms with E-state index in [9.17, 15) is 18.0 Å². The number of primary amides is 1. The summed E-state index contributed by atoms with van der Waals surface area (Å²) < 4.78 is 36.1. The average molecular weight is 254 g/mol. The molecule has 0 bridgehead atoms. The molecule has 1 saturated carbocycles. The second-order valence-electron chi connectivity index (χ2n) is 4.42. The summed E-state index contributed by atoms with van der Waals surface area (Å²) in [7, 11) is 0. The van der Waals surface area contributed by atoms with Gasteiger partial charge in [0.05, 0.1) is 0 Å². The van der Waals surface area contributed by atoms with Crippen LogP contribution in [0.1, 0.15) is 25.7 Å². The molecule has 0 radical (unpaired) electrons. The fourth-order valence-corrected chi connectivity index (χ4v) is 1.98. The lowest BCUT2D eigenvalue weighted by molar-refractivity contribution is -0.202. The lowest BCUT2D eigenvalue weighted by Gasteiger charge is -2.28. The van der Waals surface area contributed by atoms with Crippen LogP contribution in [0.3, 0.4) is 0 Å². The van der Waals surface area contributed by atoms with Crippen molar-refractivity contribution in [3.8, 4) is 0 Å². The van der Waals surface area contributed by atoms with Gasteiger partial charge in [-0.1, -0.05) is 0 Å². The minimum absolute atomic E-state index is 0.0809. The van der Waals surface area contributed by atoms with E-state index in [4.69, 9.17) is 10.8 Å². The number of nitrogens with two attached hydrogens (primary N) is 1. The number of rotatable bonds is 4. The molecule has 100 valence electrons. The summed E-state index contributed by atoms with van der Waals surface area (Å²) in [5, 5.41) is 11.5. The van der Waals surface area contributed by atoms with Gasteiger partial charge in [-0.3, -0.25) is 4.79 Å². The monoisotopic (exact) mass is 254 g/mol. The molecule has 0 heterocycles. The van der Waals surface area contributed by atoms with E-state index >= 15 is 0 Å². The SMILES string of the molecule is NC(=O)C1CCC(NCC(O)C(F)(F)F)CC1. The molecular formula is C10H17F3N2O2. The van der Waals surface area contributed by atoms with E-state index in [2.05, 4.69) is 5.32 Å². The van der Waals surface area contributed by atoms with Crippen LogP contribution in [0.5, 0.6) is 0 Å². The number of amides is 1. The van der Waals surface area contributed by atoms with Crippen LogP contribution < -0.4 is 11.1 Å². The maximum atomic E-state index is 12.0. The number of aliphatic hydroxyl groups excluding tert-OH is 1. The Labute approximate surface area is 97.4 Å². The van der Waals surface area contributed by atoms with Crippen molar-refractivity contribution < 1.29 is 23.1 Å². The van der Waals surface area contributed by atoms with Gasteiger partial charge in [0.2, 0.25) is 5.91 Å². The zero-order chi connectivity index (χ0) is 13.1. The Balaban J connectivity index is 2.25. The predicted octanol–water partition coefficient (Wildman–Crippen LogP) is 0.543. The molecule has 0 spiro atoms. The Morgan fingerprint density at radius 2 is 1.88 bits per heavy atom. The molecule has 0 saturated heterocycles. The molecule has 1 unspecified atom stereocenters. The van der Waals surface area contributed by atoms with Gasteiger partial charge < -0.3 is 16.2 Å². The molecule has 0 aliphatic heterocycles. The third-order valence-corrected chi connectivity index (χ3v) is 3.11. The Hall–Kier alpha value is -0.820. The molecule has 4 N–H and O–H groups in total. The minimum atomic E-state index is -4.59. The van der Waals surface area contributed by atoms with Crippen molar-refractivity contribution in [2.24, 2.45) is 11.7 Å². The van der Waals surface area contributed by atoms with Crippen LogP contribution in [0.15, 0.2) is 0 Å². The van der Waals surface area contributed by atoms with Crippen molar-refractivity contribution in [2.75, 3.05) is 6.54 Å². The lowest BCUT2D eigenvalue weighted by atomic mass is 9.85. The molecule has 0 aromatic heterocycles. The summed E-state index contributed by atoms with van der Waals surface area (Å²) in [6, 6.07) is -0.0809. The number of hydrogen-bond donors (Lipinski definition) is 3. The van der Waals surface area contributed by atoms with Gasteiger partial charge in [0.25, 0.3) is 0 Å². The van der Waals surface area contributed by atoms with Crippen molar-refractivity contribution in [3.63, 3.8) is 0 Å². The number of alkyl halides is 3. The average Bonchev–Trinajstić information content (AvgIpc) is 2.25. The maximum absolute atomic E-state index is 12.0. The smallest absolute Gasteiger partial charge is 0.382 e. The number of carbonyl (C=O) groups is 1. The molecule has 0 aromatic carbocycles. The minimum Gasteiger partial charge on any atom is -0.382 e. The maximum Gasteiger partial charge on any atom is 0.415 e. The van der Waals surface area contributed by atoms with E-state index in [-0.39, 0.29) is 17.9 Å². The first-order chi connectivity index (χ1) is 7.80. The molecule has 7 heteroatoms. The van der Waals surface area contributed by atoms with E-state index in [1.807, 2.05) is 0 Å². The van der Waals surface area contributed by atoms with Crippen molar-refractivity contribution in [1.29, 1.82) is 0 Å². The topological polar surface area (TPSA) is 75.4 Å². The third kappa shape index (κ3) is 4.51. The number of nitrogens with one attached hydrogen (secondary N) is 1. The molecule has 1 atom stereocenters.